The Hall–Kier alpha value is -2.63. The first-order valence-electron chi connectivity index (χ1n) is 8.31. The van der Waals surface area contributed by atoms with E-state index >= 15 is 0 Å². The van der Waals surface area contributed by atoms with Crippen LogP contribution >= 0.6 is 0 Å². The van der Waals surface area contributed by atoms with Crippen LogP contribution in [0, 0.1) is 0 Å². The number of aromatic nitrogens is 1. The molecule has 1 aromatic carbocycles. The second-order valence-corrected chi connectivity index (χ2v) is 7.15. The van der Waals surface area contributed by atoms with Crippen molar-refractivity contribution in [3.05, 3.63) is 65.0 Å². The first kappa shape index (κ1) is 19.7. The summed E-state index contributed by atoms with van der Waals surface area (Å²) in [7, 11) is 0. The van der Waals surface area contributed by atoms with Gasteiger partial charge < -0.3 is 5.32 Å². The second kappa shape index (κ2) is 8.17. The van der Waals surface area contributed by atoms with Crippen LogP contribution in [-0.2, 0) is 17.6 Å². The fourth-order valence-electron chi connectivity index (χ4n) is 2.52. The number of pyridine rings is 1. The highest BCUT2D eigenvalue weighted by atomic mass is 19.3. The molecule has 4 nitrogen and oxygen atoms in total. The molecule has 0 saturated carbocycles. The van der Waals surface area contributed by atoms with Crippen molar-refractivity contribution in [2.24, 2.45) is 0 Å². The van der Waals surface area contributed by atoms with E-state index in [2.05, 4.69) is 10.3 Å². The lowest BCUT2D eigenvalue weighted by molar-refractivity contribution is -0.117. The van der Waals surface area contributed by atoms with Crippen LogP contribution in [0.5, 0.6) is 0 Å². The number of alkyl halides is 2. The number of hydrogen-bond donors (Lipinski definition) is 1. The summed E-state index contributed by atoms with van der Waals surface area (Å²) in [4.78, 5) is 28.5. The molecule has 138 valence electrons. The lowest BCUT2D eigenvalue weighted by Crippen LogP contribution is -2.40. The summed E-state index contributed by atoms with van der Waals surface area (Å²) in [6.45, 7) is 5.58. The molecule has 2 aromatic rings. The Balaban J connectivity index is 2.08. The molecule has 0 spiro atoms. The van der Waals surface area contributed by atoms with E-state index < -0.39 is 12.0 Å². The Kier molecular flexibility index (Phi) is 6.18. The van der Waals surface area contributed by atoms with Crippen molar-refractivity contribution >= 4 is 11.7 Å². The first-order valence-corrected chi connectivity index (χ1v) is 8.31. The molecule has 0 unspecified atom stereocenters. The maximum absolute atomic E-state index is 13.0. The van der Waals surface area contributed by atoms with E-state index in [4.69, 9.17) is 0 Å². The van der Waals surface area contributed by atoms with Crippen LogP contribution in [0.25, 0.3) is 0 Å². The first-order chi connectivity index (χ1) is 12.2. The van der Waals surface area contributed by atoms with Crippen LogP contribution in [0.15, 0.2) is 42.6 Å². The zero-order valence-electron chi connectivity index (χ0n) is 15.1. The molecule has 0 radical (unpaired) electrons. The summed E-state index contributed by atoms with van der Waals surface area (Å²) >= 11 is 0. The lowest BCUT2D eigenvalue weighted by atomic mass is 9.99. The molecule has 1 N–H and O–H groups in total. The fraction of sp³-hybridized carbons (Fsp3) is 0.350. The highest BCUT2D eigenvalue weighted by Crippen LogP contribution is 2.23. The molecule has 2 rings (SSSR count). The van der Waals surface area contributed by atoms with Gasteiger partial charge in [0, 0.05) is 30.1 Å². The van der Waals surface area contributed by atoms with Gasteiger partial charge in [0.15, 0.2) is 0 Å². The molecule has 0 bridgehead atoms. The number of hydrogen-bond acceptors (Lipinski definition) is 3. The molecule has 0 saturated heterocycles. The SMILES string of the molecule is CC(C)(C)NC(=O)c1cc(CC(=O)Cc2ccccc2C(F)F)ccn1. The fourth-order valence-corrected chi connectivity index (χ4v) is 2.52. The number of carbonyl (C=O) groups excluding carboxylic acids is 2. The van der Waals surface area contributed by atoms with E-state index in [1.54, 1.807) is 18.2 Å². The molecule has 6 heteroatoms. The third kappa shape index (κ3) is 5.72. The maximum Gasteiger partial charge on any atom is 0.270 e. The van der Waals surface area contributed by atoms with Crippen molar-refractivity contribution in [2.45, 2.75) is 45.6 Å². The molecular weight excluding hydrogens is 338 g/mol. The quantitative estimate of drug-likeness (QED) is 0.850. The van der Waals surface area contributed by atoms with E-state index in [-0.39, 0.29) is 35.8 Å². The van der Waals surface area contributed by atoms with E-state index in [0.717, 1.165) is 0 Å². The highest BCUT2D eigenvalue weighted by Gasteiger charge is 2.18. The number of carbonyl (C=O) groups is 2. The van der Waals surface area contributed by atoms with E-state index in [1.165, 1.54) is 24.4 Å². The Morgan fingerprint density at radius 1 is 1.12 bits per heavy atom. The van der Waals surface area contributed by atoms with Crippen LogP contribution in [0.4, 0.5) is 8.78 Å². The van der Waals surface area contributed by atoms with Crippen molar-refractivity contribution in [3.63, 3.8) is 0 Å². The van der Waals surface area contributed by atoms with Crippen molar-refractivity contribution in [2.75, 3.05) is 0 Å². The Bertz CT molecular complexity index is 798. The third-order valence-electron chi connectivity index (χ3n) is 3.62. The molecule has 1 aromatic heterocycles. The van der Waals surface area contributed by atoms with E-state index in [9.17, 15) is 18.4 Å². The van der Waals surface area contributed by atoms with Crippen molar-refractivity contribution in [3.8, 4) is 0 Å². The monoisotopic (exact) mass is 360 g/mol. The number of rotatable bonds is 6. The zero-order valence-corrected chi connectivity index (χ0v) is 15.1. The molecule has 0 aliphatic carbocycles. The van der Waals surface area contributed by atoms with Gasteiger partial charge >= 0.3 is 0 Å². The predicted molar refractivity (Wildman–Crippen MR) is 95.3 cm³/mol. The summed E-state index contributed by atoms with van der Waals surface area (Å²) in [5, 5.41) is 2.81. The minimum atomic E-state index is -2.62. The molecule has 0 aliphatic rings. The van der Waals surface area contributed by atoms with Gasteiger partial charge in [-0.2, -0.15) is 0 Å². The van der Waals surface area contributed by atoms with Gasteiger partial charge in [-0.3, -0.25) is 14.6 Å². The number of halogens is 2. The van der Waals surface area contributed by atoms with E-state index in [0.29, 0.717) is 11.1 Å². The largest absolute Gasteiger partial charge is 0.346 e. The molecular formula is C20H22F2N2O2. The van der Waals surface area contributed by atoms with Gasteiger partial charge in [-0.05, 0) is 44.0 Å². The average molecular weight is 360 g/mol. The zero-order chi connectivity index (χ0) is 19.3. The maximum atomic E-state index is 13.0. The summed E-state index contributed by atoms with van der Waals surface area (Å²) in [5.41, 5.74) is 0.647. The number of nitrogens with zero attached hydrogens (tertiary/aromatic N) is 1. The standard InChI is InChI=1S/C20H22F2N2O2/c1-20(2,3)24-19(26)17-11-13(8-9-23-17)10-15(25)12-14-6-4-5-7-16(14)18(21)22/h4-9,11,18H,10,12H2,1-3H3,(H,24,26). The number of amides is 1. The van der Waals surface area contributed by atoms with Gasteiger partial charge in [-0.15, -0.1) is 0 Å². The minimum absolute atomic E-state index is 0.0515. The minimum Gasteiger partial charge on any atom is -0.346 e. The Morgan fingerprint density at radius 3 is 2.46 bits per heavy atom. The van der Waals surface area contributed by atoms with Crippen LogP contribution in [-0.4, -0.2) is 22.2 Å². The van der Waals surface area contributed by atoms with Gasteiger partial charge in [0.2, 0.25) is 0 Å². The lowest BCUT2D eigenvalue weighted by Gasteiger charge is -2.20. The van der Waals surface area contributed by atoms with E-state index in [1.807, 2.05) is 20.8 Å². The van der Waals surface area contributed by atoms with Gasteiger partial charge in [0.1, 0.15) is 11.5 Å². The number of ketones is 1. The summed E-state index contributed by atoms with van der Waals surface area (Å²) < 4.78 is 26.0. The predicted octanol–water partition coefficient (Wildman–Crippen LogP) is 3.90. The molecule has 0 atom stereocenters. The molecule has 0 aliphatic heterocycles. The van der Waals surface area contributed by atoms with Crippen LogP contribution in [0.1, 0.15) is 54.4 Å². The second-order valence-electron chi connectivity index (χ2n) is 7.15. The molecule has 1 amide bonds. The molecule has 26 heavy (non-hydrogen) atoms. The Labute approximate surface area is 151 Å². The highest BCUT2D eigenvalue weighted by molar-refractivity contribution is 5.93. The summed E-state index contributed by atoms with van der Waals surface area (Å²) in [6, 6.07) is 9.22. The van der Waals surface area contributed by atoms with Crippen LogP contribution < -0.4 is 5.32 Å². The summed E-state index contributed by atoms with van der Waals surface area (Å²) in [5.74, 6) is -0.527. The van der Waals surface area contributed by atoms with Crippen molar-refractivity contribution in [1.82, 2.24) is 10.3 Å². The third-order valence-corrected chi connectivity index (χ3v) is 3.62. The van der Waals surface area contributed by atoms with Gasteiger partial charge in [-0.25, -0.2) is 8.78 Å². The number of nitrogens with one attached hydrogen (secondary N) is 1. The van der Waals surface area contributed by atoms with Gasteiger partial charge in [0.25, 0.3) is 12.3 Å². The number of benzene rings is 1. The molecule has 1 heterocycles. The Morgan fingerprint density at radius 2 is 1.81 bits per heavy atom. The topological polar surface area (TPSA) is 59.1 Å². The van der Waals surface area contributed by atoms with Gasteiger partial charge in [0.05, 0.1) is 0 Å². The average Bonchev–Trinajstić information content (AvgIpc) is 2.53. The van der Waals surface area contributed by atoms with Gasteiger partial charge in [-0.1, -0.05) is 24.3 Å². The number of Topliss-reactive ketones (excluding diaryl/α,β-unsaturated/α-hetero) is 1. The van der Waals surface area contributed by atoms with Crippen molar-refractivity contribution < 1.29 is 18.4 Å². The van der Waals surface area contributed by atoms with Crippen LogP contribution in [0.3, 0.4) is 0 Å². The smallest absolute Gasteiger partial charge is 0.270 e. The molecule has 0 fully saturated rings. The summed E-state index contributed by atoms with van der Waals surface area (Å²) in [6.07, 6.45) is -1.18. The van der Waals surface area contributed by atoms with Crippen LogP contribution in [0.2, 0.25) is 0 Å². The normalized spacial score (nSPS) is 11.5. The van der Waals surface area contributed by atoms with Crippen molar-refractivity contribution in [1.29, 1.82) is 0 Å².